The number of rotatable bonds is 5. The first-order valence-corrected chi connectivity index (χ1v) is 9.31. The molecule has 6 heteroatoms. The van der Waals surface area contributed by atoms with Gasteiger partial charge in [0, 0.05) is 29.8 Å². The summed E-state index contributed by atoms with van der Waals surface area (Å²) in [4.78, 5) is 30.2. The van der Waals surface area contributed by atoms with Crippen molar-refractivity contribution in [2.45, 2.75) is 19.8 Å². The van der Waals surface area contributed by atoms with Gasteiger partial charge in [0.15, 0.2) is 5.70 Å². The Hall–Kier alpha value is -3.41. The molecule has 6 nitrogen and oxygen atoms in total. The number of aliphatic imine (C=N–C) groups is 1. The number of para-hydroxylation sites is 1. The summed E-state index contributed by atoms with van der Waals surface area (Å²) in [6.07, 6.45) is 3.13. The van der Waals surface area contributed by atoms with E-state index < -0.39 is 5.97 Å². The third kappa shape index (κ3) is 3.53. The molecule has 1 fully saturated rings. The predicted molar refractivity (Wildman–Crippen MR) is 106 cm³/mol. The van der Waals surface area contributed by atoms with E-state index >= 15 is 0 Å². The molecule has 0 atom stereocenters. The molecule has 0 saturated carbocycles. The molecule has 2 aliphatic heterocycles. The van der Waals surface area contributed by atoms with Crippen molar-refractivity contribution in [3.63, 3.8) is 0 Å². The van der Waals surface area contributed by atoms with Gasteiger partial charge < -0.3 is 14.4 Å². The number of hydrogen-bond acceptors (Lipinski definition) is 5. The molecule has 0 aliphatic carbocycles. The van der Waals surface area contributed by atoms with Crippen LogP contribution in [0.4, 0.5) is 5.69 Å². The molecule has 0 bridgehead atoms. The Bertz CT molecular complexity index is 976. The maximum absolute atomic E-state index is 12.3. The lowest BCUT2D eigenvalue weighted by molar-refractivity contribution is -0.130. The maximum atomic E-state index is 12.3. The maximum Gasteiger partial charge on any atom is 0.363 e. The quantitative estimate of drug-likeness (QED) is 0.591. The molecule has 2 aliphatic rings. The summed E-state index contributed by atoms with van der Waals surface area (Å²) in [6.45, 7) is 3.18. The second-order valence-corrected chi connectivity index (χ2v) is 6.50. The Morgan fingerprint density at radius 1 is 1.14 bits per heavy atom. The number of ether oxygens (including phenoxy) is 2. The van der Waals surface area contributed by atoms with Crippen molar-refractivity contribution < 1.29 is 19.1 Å². The van der Waals surface area contributed by atoms with Crippen molar-refractivity contribution in [3.05, 3.63) is 65.4 Å². The van der Waals surface area contributed by atoms with Crippen LogP contribution >= 0.6 is 0 Å². The Balaban J connectivity index is 1.58. The van der Waals surface area contributed by atoms with Crippen molar-refractivity contribution in [2.24, 2.45) is 4.99 Å². The van der Waals surface area contributed by atoms with Gasteiger partial charge in [-0.1, -0.05) is 18.2 Å². The summed E-state index contributed by atoms with van der Waals surface area (Å²) in [5.41, 5.74) is 2.52. The normalized spacial score (nSPS) is 17.8. The highest BCUT2D eigenvalue weighted by Crippen LogP contribution is 2.26. The van der Waals surface area contributed by atoms with E-state index in [1.165, 1.54) is 0 Å². The van der Waals surface area contributed by atoms with E-state index in [2.05, 4.69) is 4.99 Å². The minimum absolute atomic E-state index is 0.135. The average molecular weight is 376 g/mol. The fourth-order valence-corrected chi connectivity index (χ4v) is 3.27. The first kappa shape index (κ1) is 18.0. The number of carbonyl (C=O) groups excluding carboxylic acids is 2. The molecule has 0 radical (unpaired) electrons. The highest BCUT2D eigenvalue weighted by Gasteiger charge is 2.26. The summed E-state index contributed by atoms with van der Waals surface area (Å²) in [5.74, 6) is 0.577. The highest BCUT2D eigenvalue weighted by atomic mass is 16.6. The lowest BCUT2D eigenvalue weighted by Gasteiger charge is -2.15. The van der Waals surface area contributed by atoms with E-state index in [0.29, 0.717) is 24.3 Å². The molecule has 2 heterocycles. The van der Waals surface area contributed by atoms with Gasteiger partial charge in [0.25, 0.3) is 0 Å². The lowest BCUT2D eigenvalue weighted by atomic mass is 10.1. The van der Waals surface area contributed by atoms with Gasteiger partial charge in [0.1, 0.15) is 5.75 Å². The summed E-state index contributed by atoms with van der Waals surface area (Å²) < 4.78 is 10.9. The fraction of sp³-hybridized carbons (Fsp3) is 0.227. The number of amides is 1. The number of benzene rings is 2. The number of anilines is 1. The molecule has 4 rings (SSSR count). The Labute approximate surface area is 163 Å². The van der Waals surface area contributed by atoms with Gasteiger partial charge in [-0.25, -0.2) is 9.79 Å². The smallest absolute Gasteiger partial charge is 0.363 e. The zero-order valence-electron chi connectivity index (χ0n) is 15.6. The third-order valence-electron chi connectivity index (χ3n) is 4.63. The van der Waals surface area contributed by atoms with Crippen LogP contribution in [0, 0.1) is 0 Å². The minimum Gasteiger partial charge on any atom is -0.493 e. The second-order valence-electron chi connectivity index (χ2n) is 6.50. The molecular formula is C22H20N2O4. The SMILES string of the molecule is CCOc1ccccc1/C=C1\N=C(c2ccc(N3CCCC3=O)cc2)OC1=O. The van der Waals surface area contributed by atoms with Crippen LogP contribution in [0.2, 0.25) is 0 Å². The van der Waals surface area contributed by atoms with Gasteiger partial charge in [-0.05, 0) is 49.8 Å². The molecular weight excluding hydrogens is 356 g/mol. The molecule has 142 valence electrons. The molecule has 1 amide bonds. The van der Waals surface area contributed by atoms with Crippen LogP contribution in [0.5, 0.6) is 5.75 Å². The number of hydrogen-bond donors (Lipinski definition) is 0. The van der Waals surface area contributed by atoms with E-state index in [1.54, 1.807) is 11.0 Å². The van der Waals surface area contributed by atoms with Crippen molar-refractivity contribution >= 4 is 29.5 Å². The van der Waals surface area contributed by atoms with E-state index in [0.717, 1.165) is 24.2 Å². The fourth-order valence-electron chi connectivity index (χ4n) is 3.27. The topological polar surface area (TPSA) is 68.2 Å². The number of cyclic esters (lactones) is 1. The largest absolute Gasteiger partial charge is 0.493 e. The van der Waals surface area contributed by atoms with Crippen molar-refractivity contribution in [1.82, 2.24) is 0 Å². The van der Waals surface area contributed by atoms with E-state index in [-0.39, 0.29) is 17.5 Å². The molecule has 1 saturated heterocycles. The minimum atomic E-state index is -0.500. The van der Waals surface area contributed by atoms with Crippen LogP contribution in [-0.2, 0) is 14.3 Å². The molecule has 0 unspecified atom stereocenters. The van der Waals surface area contributed by atoms with Crippen LogP contribution in [0.15, 0.2) is 59.2 Å². The van der Waals surface area contributed by atoms with Gasteiger partial charge in [-0.3, -0.25) is 4.79 Å². The van der Waals surface area contributed by atoms with Crippen molar-refractivity contribution in [1.29, 1.82) is 0 Å². The lowest BCUT2D eigenvalue weighted by Crippen LogP contribution is -2.23. The standard InChI is InChI=1S/C22H20N2O4/c1-2-27-19-7-4-3-6-16(19)14-18-22(26)28-21(23-18)15-9-11-17(12-10-15)24-13-5-8-20(24)25/h3-4,6-7,9-12,14H,2,5,8,13H2,1H3/b18-14-. The summed E-state index contributed by atoms with van der Waals surface area (Å²) in [7, 11) is 0. The average Bonchev–Trinajstić information content (AvgIpc) is 3.29. The molecule has 2 aromatic rings. The van der Waals surface area contributed by atoms with E-state index in [1.807, 2.05) is 55.5 Å². The second kappa shape index (κ2) is 7.68. The van der Waals surface area contributed by atoms with Crippen LogP contribution in [0.25, 0.3) is 6.08 Å². The number of esters is 1. The molecule has 0 spiro atoms. The predicted octanol–water partition coefficient (Wildman–Crippen LogP) is 3.56. The van der Waals surface area contributed by atoms with Crippen molar-refractivity contribution in [2.75, 3.05) is 18.1 Å². The zero-order valence-corrected chi connectivity index (χ0v) is 15.6. The first-order valence-electron chi connectivity index (χ1n) is 9.31. The summed E-state index contributed by atoms with van der Waals surface area (Å²) >= 11 is 0. The van der Waals surface area contributed by atoms with Crippen molar-refractivity contribution in [3.8, 4) is 5.75 Å². The zero-order chi connectivity index (χ0) is 19.5. The van der Waals surface area contributed by atoms with E-state index in [4.69, 9.17) is 9.47 Å². The molecule has 0 aromatic heterocycles. The Kier molecular flexibility index (Phi) is 4.93. The van der Waals surface area contributed by atoms with Gasteiger partial charge >= 0.3 is 5.97 Å². The van der Waals surface area contributed by atoms with Gasteiger partial charge in [-0.15, -0.1) is 0 Å². The van der Waals surface area contributed by atoms with Gasteiger partial charge in [-0.2, -0.15) is 0 Å². The molecule has 28 heavy (non-hydrogen) atoms. The Morgan fingerprint density at radius 3 is 2.64 bits per heavy atom. The van der Waals surface area contributed by atoms with Crippen LogP contribution in [0.1, 0.15) is 30.9 Å². The van der Waals surface area contributed by atoms with Gasteiger partial charge in [0.05, 0.1) is 6.61 Å². The van der Waals surface area contributed by atoms with E-state index in [9.17, 15) is 9.59 Å². The Morgan fingerprint density at radius 2 is 1.93 bits per heavy atom. The van der Waals surface area contributed by atoms with Crippen LogP contribution in [0.3, 0.4) is 0 Å². The number of nitrogens with zero attached hydrogens (tertiary/aromatic N) is 2. The number of carbonyl (C=O) groups is 2. The molecule has 2 aromatic carbocycles. The summed E-state index contributed by atoms with van der Waals surface area (Å²) in [6, 6.07) is 14.8. The summed E-state index contributed by atoms with van der Waals surface area (Å²) in [5, 5.41) is 0. The van der Waals surface area contributed by atoms with Gasteiger partial charge in [0.2, 0.25) is 11.8 Å². The first-order chi connectivity index (χ1) is 13.7. The highest BCUT2D eigenvalue weighted by molar-refractivity contribution is 6.13. The third-order valence-corrected chi connectivity index (χ3v) is 4.63. The monoisotopic (exact) mass is 376 g/mol. The molecule has 0 N–H and O–H groups in total. The van der Waals surface area contributed by atoms with Crippen LogP contribution in [-0.4, -0.2) is 30.9 Å². The van der Waals surface area contributed by atoms with Crippen LogP contribution < -0.4 is 9.64 Å².